The predicted octanol–water partition coefficient (Wildman–Crippen LogP) is 2.52. The molecule has 0 spiro atoms. The van der Waals surface area contributed by atoms with Crippen molar-refractivity contribution in [3.05, 3.63) is 61.2 Å². The van der Waals surface area contributed by atoms with Gasteiger partial charge in [-0.2, -0.15) is 0 Å². The lowest BCUT2D eigenvalue weighted by molar-refractivity contribution is 0.647. The van der Waals surface area contributed by atoms with Crippen LogP contribution in [-0.2, 0) is 0 Å². The number of nitrogens with one attached hydrogen (secondary N) is 1. The van der Waals surface area contributed by atoms with E-state index < -0.39 is 0 Å². The predicted molar refractivity (Wildman–Crippen MR) is 105 cm³/mol. The second-order valence-corrected chi connectivity index (χ2v) is 6.14. The zero-order valence-corrected chi connectivity index (χ0v) is 14.4. The maximum atomic E-state index is 6.34. The van der Waals surface area contributed by atoms with Crippen LogP contribution in [0.15, 0.2) is 61.2 Å². The molecule has 0 aliphatic carbocycles. The van der Waals surface area contributed by atoms with Gasteiger partial charge in [-0.15, -0.1) is 0 Å². The van der Waals surface area contributed by atoms with Crippen molar-refractivity contribution >= 4 is 28.7 Å². The maximum absolute atomic E-state index is 6.34. The quantitative estimate of drug-likeness (QED) is 0.750. The van der Waals surface area contributed by atoms with Crippen molar-refractivity contribution in [2.75, 3.05) is 47.0 Å². The number of hydrogen-bond acceptors (Lipinski definition) is 7. The highest BCUT2D eigenvalue weighted by atomic mass is 15.3. The van der Waals surface area contributed by atoms with Gasteiger partial charge in [-0.1, -0.05) is 18.2 Å². The molecule has 3 N–H and O–H groups in total. The molecule has 26 heavy (non-hydrogen) atoms. The molecule has 132 valence electrons. The molecule has 7 nitrogen and oxygen atoms in total. The van der Waals surface area contributed by atoms with Crippen molar-refractivity contribution in [3.8, 4) is 0 Å². The Labute approximate surface area is 152 Å². The molecule has 3 heterocycles. The molecule has 0 bridgehead atoms. The third kappa shape index (κ3) is 3.37. The fraction of sp³-hybridized carbons (Fsp3) is 0.211. The van der Waals surface area contributed by atoms with Crippen molar-refractivity contribution in [1.82, 2.24) is 15.0 Å². The minimum atomic E-state index is 0.560. The summed E-state index contributed by atoms with van der Waals surface area (Å²) in [5, 5.41) is 3.21. The molecule has 0 amide bonds. The van der Waals surface area contributed by atoms with Crippen molar-refractivity contribution < 1.29 is 0 Å². The standard InChI is InChI=1S/C19H21N7/c20-17-18(24-15-5-4-8-21-13-15)22-14-23-19(17)26-11-9-25(10-12-26)16-6-2-1-3-7-16/h1-8,13-14H,9-12,20H2,(H,22,23,24). The number of nitrogen functional groups attached to an aromatic ring is 1. The number of piperazine rings is 1. The highest BCUT2D eigenvalue weighted by Gasteiger charge is 2.21. The van der Waals surface area contributed by atoms with Gasteiger partial charge in [-0.3, -0.25) is 4.98 Å². The van der Waals surface area contributed by atoms with Crippen LogP contribution < -0.4 is 20.9 Å². The van der Waals surface area contributed by atoms with Crippen LogP contribution in [0.4, 0.5) is 28.7 Å². The number of aromatic nitrogens is 3. The van der Waals surface area contributed by atoms with Gasteiger partial charge in [0.05, 0.1) is 11.9 Å². The van der Waals surface area contributed by atoms with Crippen LogP contribution in [0, 0.1) is 0 Å². The first-order valence-corrected chi connectivity index (χ1v) is 8.64. The zero-order chi connectivity index (χ0) is 17.8. The Morgan fingerprint density at radius 3 is 2.38 bits per heavy atom. The number of anilines is 5. The largest absolute Gasteiger partial charge is 0.393 e. The van der Waals surface area contributed by atoms with Crippen LogP contribution in [-0.4, -0.2) is 41.1 Å². The number of para-hydroxylation sites is 1. The SMILES string of the molecule is Nc1c(Nc2cccnc2)ncnc1N1CCN(c2ccccc2)CC1. The summed E-state index contributed by atoms with van der Waals surface area (Å²) in [7, 11) is 0. The first-order chi connectivity index (χ1) is 12.8. The number of rotatable bonds is 4. The van der Waals surface area contributed by atoms with E-state index >= 15 is 0 Å². The van der Waals surface area contributed by atoms with Gasteiger partial charge in [0.1, 0.15) is 12.0 Å². The van der Waals surface area contributed by atoms with Gasteiger partial charge in [0.25, 0.3) is 0 Å². The molecule has 1 aliphatic heterocycles. The Kier molecular flexibility index (Phi) is 4.51. The normalized spacial score (nSPS) is 14.3. The summed E-state index contributed by atoms with van der Waals surface area (Å²) in [6, 6.07) is 14.3. The first-order valence-electron chi connectivity index (χ1n) is 8.64. The molecule has 1 saturated heterocycles. The fourth-order valence-electron chi connectivity index (χ4n) is 3.13. The van der Waals surface area contributed by atoms with E-state index in [4.69, 9.17) is 5.73 Å². The highest BCUT2D eigenvalue weighted by molar-refractivity contribution is 5.78. The Morgan fingerprint density at radius 1 is 0.885 bits per heavy atom. The van der Waals surface area contributed by atoms with Crippen LogP contribution in [0.2, 0.25) is 0 Å². The van der Waals surface area contributed by atoms with Gasteiger partial charge < -0.3 is 20.9 Å². The van der Waals surface area contributed by atoms with E-state index in [1.54, 1.807) is 18.7 Å². The van der Waals surface area contributed by atoms with Crippen LogP contribution in [0.3, 0.4) is 0 Å². The second kappa shape index (κ2) is 7.26. The summed E-state index contributed by atoms with van der Waals surface area (Å²) in [6.07, 6.45) is 5.01. The van der Waals surface area contributed by atoms with Gasteiger partial charge in [0, 0.05) is 38.1 Å². The number of benzene rings is 1. The fourth-order valence-corrected chi connectivity index (χ4v) is 3.13. The van der Waals surface area contributed by atoms with E-state index in [9.17, 15) is 0 Å². The lowest BCUT2D eigenvalue weighted by Gasteiger charge is -2.37. The minimum Gasteiger partial charge on any atom is -0.393 e. The monoisotopic (exact) mass is 347 g/mol. The van der Waals surface area contributed by atoms with E-state index in [0.717, 1.165) is 37.7 Å². The zero-order valence-electron chi connectivity index (χ0n) is 14.4. The van der Waals surface area contributed by atoms with Crippen molar-refractivity contribution in [2.45, 2.75) is 0 Å². The summed E-state index contributed by atoms with van der Waals surface area (Å²) < 4.78 is 0. The molecule has 0 saturated carbocycles. The number of nitrogens with two attached hydrogens (primary N) is 1. The molecule has 0 unspecified atom stereocenters. The minimum absolute atomic E-state index is 0.560. The van der Waals surface area contributed by atoms with E-state index in [2.05, 4.69) is 54.3 Å². The van der Waals surface area contributed by atoms with Gasteiger partial charge in [0.15, 0.2) is 11.6 Å². The Balaban J connectivity index is 1.48. The summed E-state index contributed by atoms with van der Waals surface area (Å²) >= 11 is 0. The lowest BCUT2D eigenvalue weighted by atomic mass is 10.2. The number of hydrogen-bond donors (Lipinski definition) is 2. The smallest absolute Gasteiger partial charge is 0.159 e. The summed E-state index contributed by atoms with van der Waals surface area (Å²) in [6.45, 7) is 3.59. The average Bonchev–Trinajstić information content (AvgIpc) is 2.71. The topological polar surface area (TPSA) is 83.2 Å². The van der Waals surface area contributed by atoms with E-state index in [-0.39, 0.29) is 0 Å². The van der Waals surface area contributed by atoms with Crippen molar-refractivity contribution in [2.24, 2.45) is 0 Å². The number of nitrogens with zero attached hydrogens (tertiary/aromatic N) is 5. The highest BCUT2D eigenvalue weighted by Crippen LogP contribution is 2.29. The molecule has 4 rings (SSSR count). The molecule has 3 aromatic rings. The molecule has 7 heteroatoms. The third-order valence-electron chi connectivity index (χ3n) is 4.49. The van der Waals surface area contributed by atoms with E-state index in [1.165, 1.54) is 5.69 Å². The Bertz CT molecular complexity index is 846. The molecule has 1 fully saturated rings. The van der Waals surface area contributed by atoms with Crippen LogP contribution >= 0.6 is 0 Å². The third-order valence-corrected chi connectivity index (χ3v) is 4.49. The Hall–Kier alpha value is -3.35. The van der Waals surface area contributed by atoms with Gasteiger partial charge in [0.2, 0.25) is 0 Å². The molecule has 1 aromatic carbocycles. The second-order valence-electron chi connectivity index (χ2n) is 6.14. The molecule has 2 aromatic heterocycles. The van der Waals surface area contributed by atoms with Crippen molar-refractivity contribution in [3.63, 3.8) is 0 Å². The molecule has 1 aliphatic rings. The van der Waals surface area contributed by atoms with Crippen LogP contribution in [0.25, 0.3) is 0 Å². The molecular formula is C19H21N7. The van der Waals surface area contributed by atoms with Gasteiger partial charge >= 0.3 is 0 Å². The first kappa shape index (κ1) is 16.1. The van der Waals surface area contributed by atoms with Gasteiger partial charge in [-0.05, 0) is 24.3 Å². The van der Waals surface area contributed by atoms with E-state index in [1.807, 2.05) is 18.2 Å². The lowest BCUT2D eigenvalue weighted by Crippen LogP contribution is -2.47. The number of pyridine rings is 1. The molecule has 0 atom stereocenters. The molecular weight excluding hydrogens is 326 g/mol. The Morgan fingerprint density at radius 2 is 1.65 bits per heavy atom. The summed E-state index contributed by atoms with van der Waals surface area (Å²) in [4.78, 5) is 17.4. The van der Waals surface area contributed by atoms with Crippen LogP contribution in [0.1, 0.15) is 0 Å². The maximum Gasteiger partial charge on any atom is 0.159 e. The van der Waals surface area contributed by atoms with Gasteiger partial charge in [-0.25, -0.2) is 9.97 Å². The summed E-state index contributed by atoms with van der Waals surface area (Å²) in [5.41, 5.74) is 9.00. The average molecular weight is 347 g/mol. The van der Waals surface area contributed by atoms with E-state index in [0.29, 0.717) is 11.5 Å². The van der Waals surface area contributed by atoms with Crippen molar-refractivity contribution in [1.29, 1.82) is 0 Å². The summed E-state index contributed by atoms with van der Waals surface area (Å²) in [5.74, 6) is 1.38. The van der Waals surface area contributed by atoms with Crippen LogP contribution in [0.5, 0.6) is 0 Å². The molecule has 0 radical (unpaired) electrons.